The van der Waals surface area contributed by atoms with Crippen molar-refractivity contribution < 1.29 is 33.7 Å². The van der Waals surface area contributed by atoms with Crippen molar-refractivity contribution in [1.82, 2.24) is 10.6 Å². The standard InChI is InChI=1S/C44H50N2O7/c47-29-38(26-33-18-22-40(23-19-33)51-30-35-12-6-4-7-13-35)45-42(48)28-37-16-10-2-1-3-11-17-43(49)53-32-39(46-44(37)50)27-34-20-24-41(25-21-34)52-31-36-14-8-5-9-15-36/h2,4-10,12-15,18-25,37-39,47H,1,3,11,16-17,26-32H2,(H,45,48)(H,46,50)/t37-,38+,39+/m1/s1. The van der Waals surface area contributed by atoms with E-state index in [4.69, 9.17) is 14.2 Å². The minimum atomic E-state index is -0.651. The third-order valence-corrected chi connectivity index (χ3v) is 9.08. The molecular formula is C44H50N2O7. The molecule has 0 aliphatic carbocycles. The van der Waals surface area contributed by atoms with E-state index in [1.807, 2.05) is 121 Å². The van der Waals surface area contributed by atoms with Crippen LogP contribution in [-0.2, 0) is 45.2 Å². The predicted octanol–water partition coefficient (Wildman–Crippen LogP) is 6.66. The largest absolute Gasteiger partial charge is 0.489 e. The molecule has 53 heavy (non-hydrogen) atoms. The molecule has 278 valence electrons. The van der Waals surface area contributed by atoms with E-state index in [1.54, 1.807) is 0 Å². The lowest BCUT2D eigenvalue weighted by Gasteiger charge is -2.23. The van der Waals surface area contributed by atoms with Crippen LogP contribution in [0.5, 0.6) is 11.5 Å². The summed E-state index contributed by atoms with van der Waals surface area (Å²) in [6, 6.07) is 34.1. The highest BCUT2D eigenvalue weighted by Gasteiger charge is 2.26. The molecular weight excluding hydrogens is 668 g/mol. The average Bonchev–Trinajstić information content (AvgIpc) is 3.18. The highest BCUT2D eigenvalue weighted by molar-refractivity contribution is 5.86. The fourth-order valence-corrected chi connectivity index (χ4v) is 6.10. The van der Waals surface area contributed by atoms with Crippen LogP contribution in [0.3, 0.4) is 0 Å². The molecule has 9 heteroatoms. The maximum atomic E-state index is 13.8. The van der Waals surface area contributed by atoms with Crippen LogP contribution in [0.15, 0.2) is 121 Å². The maximum Gasteiger partial charge on any atom is 0.305 e. The van der Waals surface area contributed by atoms with Crippen molar-refractivity contribution in [2.24, 2.45) is 5.92 Å². The molecule has 1 heterocycles. The molecule has 2 amide bonds. The van der Waals surface area contributed by atoms with Crippen molar-refractivity contribution in [3.05, 3.63) is 144 Å². The van der Waals surface area contributed by atoms with Crippen molar-refractivity contribution in [2.45, 2.75) is 76.7 Å². The summed E-state index contributed by atoms with van der Waals surface area (Å²) in [5.41, 5.74) is 4.02. The molecule has 1 aliphatic heterocycles. The van der Waals surface area contributed by atoms with Crippen molar-refractivity contribution >= 4 is 17.8 Å². The van der Waals surface area contributed by atoms with Crippen molar-refractivity contribution in [2.75, 3.05) is 13.2 Å². The Morgan fingerprint density at radius 1 is 0.774 bits per heavy atom. The molecule has 0 fully saturated rings. The minimum Gasteiger partial charge on any atom is -0.489 e. The third-order valence-electron chi connectivity index (χ3n) is 9.08. The van der Waals surface area contributed by atoms with E-state index in [1.165, 1.54) is 0 Å². The van der Waals surface area contributed by atoms with Gasteiger partial charge in [0, 0.05) is 12.8 Å². The monoisotopic (exact) mass is 718 g/mol. The number of rotatable bonds is 14. The molecule has 5 rings (SSSR count). The van der Waals surface area contributed by atoms with Gasteiger partial charge in [0.2, 0.25) is 11.8 Å². The lowest BCUT2D eigenvalue weighted by Crippen LogP contribution is -2.45. The first-order chi connectivity index (χ1) is 25.9. The molecule has 0 bridgehead atoms. The zero-order chi connectivity index (χ0) is 37.1. The lowest BCUT2D eigenvalue weighted by molar-refractivity contribution is -0.145. The van der Waals surface area contributed by atoms with Crippen molar-refractivity contribution in [1.29, 1.82) is 0 Å². The summed E-state index contributed by atoms with van der Waals surface area (Å²) in [5.74, 6) is -0.110. The van der Waals surface area contributed by atoms with Crippen LogP contribution >= 0.6 is 0 Å². The number of ether oxygens (including phenoxy) is 3. The van der Waals surface area contributed by atoms with Gasteiger partial charge < -0.3 is 30.0 Å². The van der Waals surface area contributed by atoms with Gasteiger partial charge in [0.15, 0.2) is 0 Å². The van der Waals surface area contributed by atoms with Crippen molar-refractivity contribution in [3.63, 3.8) is 0 Å². The molecule has 0 aromatic heterocycles. The molecule has 4 aromatic carbocycles. The Kier molecular flexibility index (Phi) is 15.5. The van der Waals surface area contributed by atoms with Crippen LogP contribution in [0.2, 0.25) is 0 Å². The molecule has 1 aliphatic rings. The van der Waals surface area contributed by atoms with E-state index in [0.717, 1.165) is 46.6 Å². The van der Waals surface area contributed by atoms with E-state index in [-0.39, 0.29) is 37.4 Å². The second-order valence-corrected chi connectivity index (χ2v) is 13.4. The van der Waals surface area contributed by atoms with E-state index in [0.29, 0.717) is 45.3 Å². The molecule has 0 saturated heterocycles. The second-order valence-electron chi connectivity index (χ2n) is 13.4. The Bertz CT molecular complexity index is 1730. The minimum absolute atomic E-state index is 0.0221. The Morgan fingerprint density at radius 2 is 1.38 bits per heavy atom. The van der Waals surface area contributed by atoms with Gasteiger partial charge in [-0.05, 0) is 85.0 Å². The summed E-state index contributed by atoms with van der Waals surface area (Å²) in [6.45, 7) is 0.686. The highest BCUT2D eigenvalue weighted by atomic mass is 16.5. The zero-order valence-electron chi connectivity index (χ0n) is 30.2. The molecule has 0 saturated carbocycles. The molecule has 0 radical (unpaired) electrons. The topological polar surface area (TPSA) is 123 Å². The van der Waals surface area contributed by atoms with Gasteiger partial charge in [0.1, 0.15) is 31.3 Å². The van der Waals surface area contributed by atoms with Gasteiger partial charge in [-0.3, -0.25) is 14.4 Å². The van der Waals surface area contributed by atoms with Crippen LogP contribution in [0.1, 0.15) is 60.8 Å². The zero-order valence-corrected chi connectivity index (χ0v) is 30.2. The first kappa shape index (κ1) is 38.8. The number of esters is 1. The summed E-state index contributed by atoms with van der Waals surface area (Å²) in [5, 5.41) is 16.1. The Morgan fingerprint density at radius 3 is 1.98 bits per heavy atom. The lowest BCUT2D eigenvalue weighted by atomic mass is 9.97. The molecule has 9 nitrogen and oxygen atoms in total. The smallest absolute Gasteiger partial charge is 0.305 e. The fraction of sp³-hybridized carbons (Fsp3) is 0.341. The first-order valence-electron chi connectivity index (χ1n) is 18.5. The number of hydrogen-bond acceptors (Lipinski definition) is 7. The van der Waals surface area contributed by atoms with E-state index in [9.17, 15) is 19.5 Å². The molecule has 3 N–H and O–H groups in total. The van der Waals surface area contributed by atoms with Gasteiger partial charge >= 0.3 is 5.97 Å². The van der Waals surface area contributed by atoms with E-state index >= 15 is 0 Å². The Labute approximate surface area is 312 Å². The number of carbonyl (C=O) groups is 3. The fourth-order valence-electron chi connectivity index (χ4n) is 6.10. The number of benzene rings is 4. The van der Waals surface area contributed by atoms with Gasteiger partial charge in [-0.1, -0.05) is 97.1 Å². The number of nitrogens with one attached hydrogen (secondary N) is 2. The van der Waals surface area contributed by atoms with Gasteiger partial charge in [0.25, 0.3) is 0 Å². The molecule has 0 spiro atoms. The summed E-state index contributed by atoms with van der Waals surface area (Å²) in [6.07, 6.45) is 7.73. The summed E-state index contributed by atoms with van der Waals surface area (Å²) < 4.78 is 17.4. The Balaban J connectivity index is 1.17. The maximum absolute atomic E-state index is 13.8. The summed E-state index contributed by atoms with van der Waals surface area (Å²) in [4.78, 5) is 39.6. The van der Waals surface area contributed by atoms with Gasteiger partial charge in [-0.25, -0.2) is 0 Å². The molecule has 3 atom stereocenters. The number of carbonyl (C=O) groups excluding carboxylic acids is 3. The summed E-state index contributed by atoms with van der Waals surface area (Å²) >= 11 is 0. The predicted molar refractivity (Wildman–Crippen MR) is 204 cm³/mol. The van der Waals surface area contributed by atoms with Crippen LogP contribution in [0.25, 0.3) is 0 Å². The van der Waals surface area contributed by atoms with E-state index in [2.05, 4.69) is 10.6 Å². The van der Waals surface area contributed by atoms with Gasteiger partial charge in [-0.15, -0.1) is 0 Å². The number of allylic oxidation sites excluding steroid dienone is 2. The third kappa shape index (κ3) is 13.9. The number of hydrogen-bond donors (Lipinski definition) is 3. The van der Waals surface area contributed by atoms with Gasteiger partial charge in [-0.2, -0.15) is 0 Å². The quantitative estimate of drug-likeness (QED) is 0.0985. The van der Waals surface area contributed by atoms with E-state index < -0.39 is 18.0 Å². The average molecular weight is 719 g/mol. The highest BCUT2D eigenvalue weighted by Crippen LogP contribution is 2.19. The Hall–Kier alpha value is -5.41. The second kappa shape index (κ2) is 21.2. The number of aliphatic hydroxyl groups excluding tert-OH is 1. The normalized spacial score (nSPS) is 17.5. The number of cyclic esters (lactones) is 1. The number of aliphatic hydroxyl groups is 1. The van der Waals surface area contributed by atoms with Crippen LogP contribution in [0.4, 0.5) is 0 Å². The SMILES string of the molecule is O=C(C[C@H]1CC=CCCCCC(=O)OC[C@H](Cc2ccc(OCc3ccccc3)cc2)NC1=O)N[C@H](CO)Cc1ccc(OCc2ccccc2)cc1. The van der Waals surface area contributed by atoms with Gasteiger partial charge in [0.05, 0.1) is 24.6 Å². The van der Waals surface area contributed by atoms with Crippen molar-refractivity contribution in [3.8, 4) is 11.5 Å². The molecule has 0 unspecified atom stereocenters. The number of amides is 2. The van der Waals surface area contributed by atoms with Crippen LogP contribution < -0.4 is 20.1 Å². The molecule has 4 aromatic rings. The van der Waals surface area contributed by atoms with Crippen LogP contribution in [0, 0.1) is 5.92 Å². The van der Waals surface area contributed by atoms with Crippen LogP contribution in [-0.4, -0.2) is 48.2 Å². The first-order valence-corrected chi connectivity index (χ1v) is 18.5. The summed E-state index contributed by atoms with van der Waals surface area (Å²) in [7, 11) is 0.